The van der Waals surface area contributed by atoms with Gasteiger partial charge in [-0.15, -0.1) is 0 Å². The van der Waals surface area contributed by atoms with Crippen LogP contribution in [-0.2, 0) is 10.1 Å². The van der Waals surface area contributed by atoms with Crippen LogP contribution in [0.2, 0.25) is 0 Å². The molecule has 8 heteroatoms. The molecule has 0 atom stereocenters. The summed E-state index contributed by atoms with van der Waals surface area (Å²) in [5, 5.41) is 3.24. The van der Waals surface area contributed by atoms with Crippen LogP contribution in [0.3, 0.4) is 0 Å². The molecule has 1 heterocycles. The fourth-order valence-corrected chi connectivity index (χ4v) is 4.04. The Morgan fingerprint density at radius 3 is 2.29 bits per heavy atom. The van der Waals surface area contributed by atoms with Gasteiger partial charge in [-0.25, -0.2) is 0 Å². The summed E-state index contributed by atoms with van der Waals surface area (Å²) in [5.74, 6) is -0.406. The predicted octanol–water partition coefficient (Wildman–Crippen LogP) is 6.63. The average molecular weight is 442 g/mol. The van der Waals surface area contributed by atoms with Crippen LogP contribution in [0.5, 0.6) is 5.75 Å². The van der Waals surface area contributed by atoms with Crippen molar-refractivity contribution in [3.8, 4) is 16.9 Å². The molecule has 0 N–H and O–H groups in total. The highest BCUT2D eigenvalue weighted by atomic mass is 32.2. The molecule has 4 aromatic carbocycles. The molecule has 1 aromatic heterocycles. The molecular weight excluding hydrogens is 429 g/mol. The molecule has 0 aliphatic carbocycles. The van der Waals surface area contributed by atoms with E-state index < -0.39 is 21.4 Å². The number of para-hydroxylation sites is 2. The van der Waals surface area contributed by atoms with Gasteiger partial charge in [0.05, 0.1) is 0 Å². The predicted molar refractivity (Wildman–Crippen MR) is 112 cm³/mol. The number of rotatable bonds is 3. The Morgan fingerprint density at radius 2 is 1.48 bits per heavy atom. The summed E-state index contributed by atoms with van der Waals surface area (Å²) in [7, 11) is -5.72. The summed E-state index contributed by atoms with van der Waals surface area (Å²) in [5.41, 5.74) is -2.25. The zero-order valence-electron chi connectivity index (χ0n) is 15.7. The first kappa shape index (κ1) is 19.4. The molecule has 5 rings (SSSR count). The lowest BCUT2D eigenvalue weighted by atomic mass is 9.99. The molecule has 0 saturated carbocycles. The molecular formula is C23H13F3O4S. The van der Waals surface area contributed by atoms with Crippen LogP contribution in [0.4, 0.5) is 13.2 Å². The normalized spacial score (nSPS) is 12.6. The van der Waals surface area contributed by atoms with Crippen molar-refractivity contribution in [1.82, 2.24) is 0 Å². The van der Waals surface area contributed by atoms with Crippen molar-refractivity contribution in [2.75, 3.05) is 0 Å². The minimum atomic E-state index is -5.72. The van der Waals surface area contributed by atoms with E-state index in [0.29, 0.717) is 10.8 Å². The monoisotopic (exact) mass is 442 g/mol. The number of alkyl halides is 3. The molecule has 156 valence electrons. The SMILES string of the molecule is O=S(=O)(Oc1ccc2cc(-c3cccc4c3oc3ccccc34)ccc2c1)C(F)(F)F. The Balaban J connectivity index is 1.58. The van der Waals surface area contributed by atoms with Crippen LogP contribution in [-0.4, -0.2) is 13.9 Å². The van der Waals surface area contributed by atoms with Crippen molar-refractivity contribution >= 4 is 42.8 Å². The summed E-state index contributed by atoms with van der Waals surface area (Å²) < 4.78 is 70.4. The third kappa shape index (κ3) is 3.29. The van der Waals surface area contributed by atoms with Crippen molar-refractivity contribution in [3.63, 3.8) is 0 Å². The van der Waals surface area contributed by atoms with Gasteiger partial charge < -0.3 is 8.60 Å². The minimum Gasteiger partial charge on any atom is -0.455 e. The molecule has 0 aliphatic heterocycles. The third-order valence-corrected chi connectivity index (χ3v) is 6.00. The standard InChI is InChI=1S/C23H13F3O4S/c24-23(25,26)31(27,28)30-17-11-10-14-12-16(9-8-15(14)13-17)18-5-3-6-20-19-4-1-2-7-21(19)29-22(18)20/h1-13H. The first-order valence-electron chi connectivity index (χ1n) is 9.18. The van der Waals surface area contributed by atoms with E-state index in [2.05, 4.69) is 4.18 Å². The highest BCUT2D eigenvalue weighted by Gasteiger charge is 2.48. The number of fused-ring (bicyclic) bond motifs is 4. The van der Waals surface area contributed by atoms with Crippen LogP contribution < -0.4 is 4.18 Å². The van der Waals surface area contributed by atoms with Crippen molar-refractivity contribution in [2.24, 2.45) is 0 Å². The molecule has 0 spiro atoms. The van der Waals surface area contributed by atoms with E-state index in [1.807, 2.05) is 48.5 Å². The van der Waals surface area contributed by atoms with Gasteiger partial charge in [-0.05, 0) is 40.6 Å². The van der Waals surface area contributed by atoms with Gasteiger partial charge in [0.2, 0.25) is 0 Å². The van der Waals surface area contributed by atoms with E-state index in [1.165, 1.54) is 18.2 Å². The molecule has 0 saturated heterocycles. The quantitative estimate of drug-likeness (QED) is 0.232. The Morgan fingerprint density at radius 1 is 0.774 bits per heavy atom. The van der Waals surface area contributed by atoms with Gasteiger partial charge in [-0.3, -0.25) is 0 Å². The molecule has 0 radical (unpaired) electrons. The Labute approximate surface area is 174 Å². The summed E-state index contributed by atoms with van der Waals surface area (Å²) >= 11 is 0. The molecule has 0 bridgehead atoms. The van der Waals surface area contributed by atoms with Gasteiger partial charge in [-0.1, -0.05) is 54.6 Å². The van der Waals surface area contributed by atoms with Crippen LogP contribution in [0, 0.1) is 0 Å². The van der Waals surface area contributed by atoms with Crippen molar-refractivity contribution in [1.29, 1.82) is 0 Å². The number of halogens is 3. The number of hydrogen-bond donors (Lipinski definition) is 0. The second kappa shape index (κ2) is 6.75. The summed E-state index contributed by atoms with van der Waals surface area (Å²) in [4.78, 5) is 0. The largest absolute Gasteiger partial charge is 0.534 e. The first-order chi connectivity index (χ1) is 14.7. The van der Waals surface area contributed by atoms with Gasteiger partial charge in [0.15, 0.2) is 0 Å². The Hall–Kier alpha value is -3.52. The van der Waals surface area contributed by atoms with E-state index in [9.17, 15) is 21.6 Å². The summed E-state index contributed by atoms with van der Waals surface area (Å²) in [6.07, 6.45) is 0. The fraction of sp³-hybridized carbons (Fsp3) is 0.0435. The molecule has 4 nitrogen and oxygen atoms in total. The lowest BCUT2D eigenvalue weighted by Gasteiger charge is -2.10. The zero-order chi connectivity index (χ0) is 21.8. The van der Waals surface area contributed by atoms with Gasteiger partial charge in [0.1, 0.15) is 16.9 Å². The van der Waals surface area contributed by atoms with E-state index in [-0.39, 0.29) is 0 Å². The Kier molecular flexibility index (Phi) is 4.23. The second-order valence-corrected chi connectivity index (χ2v) is 8.53. The topological polar surface area (TPSA) is 56.5 Å². The fourth-order valence-electron chi connectivity index (χ4n) is 3.59. The molecule has 0 amide bonds. The number of benzene rings is 4. The second-order valence-electron chi connectivity index (χ2n) is 6.99. The highest BCUT2D eigenvalue weighted by molar-refractivity contribution is 7.88. The zero-order valence-corrected chi connectivity index (χ0v) is 16.5. The van der Waals surface area contributed by atoms with Crippen molar-refractivity contribution in [3.05, 3.63) is 78.9 Å². The molecule has 0 unspecified atom stereocenters. The molecule has 0 aliphatic rings. The minimum absolute atomic E-state index is 0.406. The number of hydrogen-bond acceptors (Lipinski definition) is 4. The third-order valence-electron chi connectivity index (χ3n) is 5.02. The van der Waals surface area contributed by atoms with Crippen LogP contribution >= 0.6 is 0 Å². The van der Waals surface area contributed by atoms with Gasteiger partial charge in [0, 0.05) is 16.3 Å². The molecule has 5 aromatic rings. The van der Waals surface area contributed by atoms with E-state index in [0.717, 1.165) is 33.1 Å². The maximum atomic E-state index is 12.6. The lowest BCUT2D eigenvalue weighted by Crippen LogP contribution is -2.28. The summed E-state index contributed by atoms with van der Waals surface area (Å²) in [6.45, 7) is 0. The van der Waals surface area contributed by atoms with Crippen molar-refractivity contribution in [2.45, 2.75) is 5.51 Å². The smallest absolute Gasteiger partial charge is 0.455 e. The van der Waals surface area contributed by atoms with Gasteiger partial charge in [-0.2, -0.15) is 21.6 Å². The van der Waals surface area contributed by atoms with E-state index in [1.54, 1.807) is 12.1 Å². The van der Waals surface area contributed by atoms with Crippen LogP contribution in [0.15, 0.2) is 83.3 Å². The van der Waals surface area contributed by atoms with Gasteiger partial charge in [0.25, 0.3) is 0 Å². The Bertz CT molecular complexity index is 1570. The maximum absolute atomic E-state index is 12.6. The maximum Gasteiger partial charge on any atom is 0.534 e. The van der Waals surface area contributed by atoms with Crippen molar-refractivity contribution < 1.29 is 30.2 Å². The van der Waals surface area contributed by atoms with Crippen LogP contribution in [0.25, 0.3) is 43.8 Å². The molecule has 0 fully saturated rings. The lowest BCUT2D eigenvalue weighted by molar-refractivity contribution is -0.0500. The first-order valence-corrected chi connectivity index (χ1v) is 10.6. The number of furan rings is 1. The average Bonchev–Trinajstić information content (AvgIpc) is 3.11. The summed E-state index contributed by atoms with van der Waals surface area (Å²) in [6, 6.07) is 22.9. The van der Waals surface area contributed by atoms with E-state index in [4.69, 9.17) is 4.42 Å². The molecule has 31 heavy (non-hydrogen) atoms. The highest BCUT2D eigenvalue weighted by Crippen LogP contribution is 2.37. The van der Waals surface area contributed by atoms with Crippen LogP contribution in [0.1, 0.15) is 0 Å². The van der Waals surface area contributed by atoms with Gasteiger partial charge >= 0.3 is 15.6 Å². The van der Waals surface area contributed by atoms with E-state index >= 15 is 0 Å².